The summed E-state index contributed by atoms with van der Waals surface area (Å²) in [6, 6.07) is 19.4. The number of hydrogen-bond acceptors (Lipinski definition) is 3. The first-order valence-electron chi connectivity index (χ1n) is 8.76. The second-order valence-electron chi connectivity index (χ2n) is 5.97. The molecule has 0 aromatic heterocycles. The van der Waals surface area contributed by atoms with Crippen molar-refractivity contribution in [2.75, 3.05) is 11.9 Å². The van der Waals surface area contributed by atoms with Gasteiger partial charge in [-0.1, -0.05) is 35.3 Å². The maximum atomic E-state index is 12.6. The summed E-state index contributed by atoms with van der Waals surface area (Å²) < 4.78 is 11.5. The van der Waals surface area contributed by atoms with Gasteiger partial charge in [-0.05, 0) is 61.5 Å². The SMILES string of the molecule is CCOc1ccc(C(=O)Nc2cccc(Cl)c2)cc1COc1cccc(Cl)c1. The van der Waals surface area contributed by atoms with Gasteiger partial charge in [-0.3, -0.25) is 4.79 Å². The van der Waals surface area contributed by atoms with Crippen molar-refractivity contribution in [2.45, 2.75) is 13.5 Å². The zero-order valence-electron chi connectivity index (χ0n) is 15.2. The van der Waals surface area contributed by atoms with Crippen LogP contribution in [0.3, 0.4) is 0 Å². The summed E-state index contributed by atoms with van der Waals surface area (Å²) in [4.78, 5) is 12.6. The highest BCUT2D eigenvalue weighted by Gasteiger charge is 2.12. The second kappa shape index (κ2) is 9.49. The summed E-state index contributed by atoms with van der Waals surface area (Å²) >= 11 is 12.0. The number of anilines is 1. The maximum absolute atomic E-state index is 12.6. The van der Waals surface area contributed by atoms with E-state index in [9.17, 15) is 4.79 Å². The van der Waals surface area contributed by atoms with Crippen LogP contribution < -0.4 is 14.8 Å². The zero-order chi connectivity index (χ0) is 19.9. The van der Waals surface area contributed by atoms with Gasteiger partial charge in [-0.15, -0.1) is 0 Å². The van der Waals surface area contributed by atoms with Gasteiger partial charge >= 0.3 is 0 Å². The summed E-state index contributed by atoms with van der Waals surface area (Å²) in [5.41, 5.74) is 1.89. The first-order valence-corrected chi connectivity index (χ1v) is 9.52. The molecule has 0 aliphatic heterocycles. The molecule has 0 spiro atoms. The summed E-state index contributed by atoms with van der Waals surface area (Å²) in [5, 5.41) is 3.99. The smallest absolute Gasteiger partial charge is 0.255 e. The van der Waals surface area contributed by atoms with Gasteiger partial charge in [0.2, 0.25) is 0 Å². The monoisotopic (exact) mass is 415 g/mol. The largest absolute Gasteiger partial charge is 0.493 e. The molecule has 4 nitrogen and oxygen atoms in total. The fourth-order valence-corrected chi connectivity index (χ4v) is 2.99. The number of carbonyl (C=O) groups excluding carboxylic acids is 1. The number of nitrogens with one attached hydrogen (secondary N) is 1. The lowest BCUT2D eigenvalue weighted by atomic mass is 10.1. The van der Waals surface area contributed by atoms with E-state index in [4.69, 9.17) is 32.7 Å². The first-order chi connectivity index (χ1) is 13.5. The summed E-state index contributed by atoms with van der Waals surface area (Å²) in [6.07, 6.45) is 0. The molecule has 0 bridgehead atoms. The normalized spacial score (nSPS) is 10.4. The molecule has 1 amide bonds. The van der Waals surface area contributed by atoms with Crippen molar-refractivity contribution in [1.29, 1.82) is 0 Å². The van der Waals surface area contributed by atoms with E-state index in [1.54, 1.807) is 54.6 Å². The van der Waals surface area contributed by atoms with Crippen LogP contribution in [0.4, 0.5) is 5.69 Å². The van der Waals surface area contributed by atoms with Gasteiger partial charge in [0.1, 0.15) is 18.1 Å². The van der Waals surface area contributed by atoms with Crippen LogP contribution >= 0.6 is 23.2 Å². The minimum Gasteiger partial charge on any atom is -0.493 e. The van der Waals surface area contributed by atoms with Crippen molar-refractivity contribution >= 4 is 34.8 Å². The predicted octanol–water partition coefficient (Wildman–Crippen LogP) is 6.22. The molecular formula is C22H19Cl2NO3. The Hall–Kier alpha value is -2.69. The van der Waals surface area contributed by atoms with E-state index in [1.165, 1.54) is 0 Å². The second-order valence-corrected chi connectivity index (χ2v) is 6.84. The molecular weight excluding hydrogens is 397 g/mol. The van der Waals surface area contributed by atoms with Crippen LogP contribution in [0, 0.1) is 0 Å². The molecule has 3 rings (SSSR count). The third-order valence-corrected chi connectivity index (χ3v) is 4.37. The molecule has 3 aromatic carbocycles. The van der Waals surface area contributed by atoms with Crippen LogP contribution in [0.5, 0.6) is 11.5 Å². The molecule has 28 heavy (non-hydrogen) atoms. The van der Waals surface area contributed by atoms with Crippen LogP contribution in [0.2, 0.25) is 10.0 Å². The quantitative estimate of drug-likeness (QED) is 0.497. The highest BCUT2D eigenvalue weighted by Crippen LogP contribution is 2.25. The molecule has 0 aliphatic rings. The molecule has 0 unspecified atom stereocenters. The Bertz CT molecular complexity index is 976. The lowest BCUT2D eigenvalue weighted by Crippen LogP contribution is -2.13. The van der Waals surface area contributed by atoms with E-state index < -0.39 is 0 Å². The summed E-state index contributed by atoms with van der Waals surface area (Å²) in [7, 11) is 0. The third kappa shape index (κ3) is 5.41. The van der Waals surface area contributed by atoms with Crippen LogP contribution in [-0.4, -0.2) is 12.5 Å². The third-order valence-electron chi connectivity index (χ3n) is 3.90. The van der Waals surface area contributed by atoms with Crippen molar-refractivity contribution in [3.05, 3.63) is 87.9 Å². The molecule has 0 heterocycles. The average molecular weight is 416 g/mol. The fraction of sp³-hybridized carbons (Fsp3) is 0.136. The molecule has 0 atom stereocenters. The van der Waals surface area contributed by atoms with Gasteiger partial charge in [0, 0.05) is 26.9 Å². The van der Waals surface area contributed by atoms with Crippen LogP contribution in [0.15, 0.2) is 66.7 Å². The predicted molar refractivity (Wildman–Crippen MR) is 113 cm³/mol. The van der Waals surface area contributed by atoms with Gasteiger partial charge in [-0.25, -0.2) is 0 Å². The Morgan fingerprint density at radius 1 is 0.929 bits per heavy atom. The minimum absolute atomic E-state index is 0.241. The number of benzene rings is 3. The number of amides is 1. The highest BCUT2D eigenvalue weighted by atomic mass is 35.5. The van der Waals surface area contributed by atoms with Crippen LogP contribution in [0.25, 0.3) is 0 Å². The van der Waals surface area contributed by atoms with Gasteiger partial charge in [0.25, 0.3) is 5.91 Å². The standard InChI is InChI=1S/C22H19Cl2NO3/c1-2-27-21-10-9-15(22(26)25-19-7-3-5-17(23)12-19)11-16(21)14-28-20-8-4-6-18(24)13-20/h3-13H,2,14H2,1H3,(H,25,26). The lowest BCUT2D eigenvalue weighted by Gasteiger charge is -2.14. The molecule has 3 aromatic rings. The molecule has 6 heteroatoms. The van der Waals surface area contributed by atoms with E-state index in [2.05, 4.69) is 5.32 Å². The van der Waals surface area contributed by atoms with Crippen molar-refractivity contribution < 1.29 is 14.3 Å². The van der Waals surface area contributed by atoms with Crippen molar-refractivity contribution in [2.24, 2.45) is 0 Å². The number of carbonyl (C=O) groups is 1. The molecule has 0 saturated carbocycles. The van der Waals surface area contributed by atoms with E-state index >= 15 is 0 Å². The van der Waals surface area contributed by atoms with Crippen molar-refractivity contribution in [3.63, 3.8) is 0 Å². The van der Waals surface area contributed by atoms with E-state index in [0.717, 1.165) is 5.56 Å². The molecule has 0 radical (unpaired) electrons. The van der Waals surface area contributed by atoms with E-state index in [-0.39, 0.29) is 12.5 Å². The Morgan fingerprint density at radius 3 is 2.39 bits per heavy atom. The maximum Gasteiger partial charge on any atom is 0.255 e. The Balaban J connectivity index is 1.79. The molecule has 0 saturated heterocycles. The summed E-state index contributed by atoms with van der Waals surface area (Å²) in [6.45, 7) is 2.66. The van der Waals surface area contributed by atoms with Gasteiger partial charge in [0.15, 0.2) is 0 Å². The first kappa shape index (κ1) is 20.1. The Morgan fingerprint density at radius 2 is 1.68 bits per heavy atom. The fourth-order valence-electron chi connectivity index (χ4n) is 2.62. The topological polar surface area (TPSA) is 47.6 Å². The number of ether oxygens (including phenoxy) is 2. The van der Waals surface area contributed by atoms with Gasteiger partial charge in [0.05, 0.1) is 6.61 Å². The molecule has 144 valence electrons. The lowest BCUT2D eigenvalue weighted by molar-refractivity contribution is 0.102. The minimum atomic E-state index is -0.241. The van der Waals surface area contributed by atoms with Crippen molar-refractivity contribution in [3.8, 4) is 11.5 Å². The molecule has 0 aliphatic carbocycles. The average Bonchev–Trinajstić information content (AvgIpc) is 2.67. The Kier molecular flexibility index (Phi) is 6.80. The van der Waals surface area contributed by atoms with E-state index in [1.807, 2.05) is 19.1 Å². The molecule has 0 fully saturated rings. The number of rotatable bonds is 7. The van der Waals surface area contributed by atoms with Gasteiger partial charge in [-0.2, -0.15) is 0 Å². The number of hydrogen-bond donors (Lipinski definition) is 1. The van der Waals surface area contributed by atoms with Gasteiger partial charge < -0.3 is 14.8 Å². The van der Waals surface area contributed by atoms with E-state index in [0.29, 0.717) is 39.4 Å². The number of halogens is 2. The van der Waals surface area contributed by atoms with Crippen molar-refractivity contribution in [1.82, 2.24) is 0 Å². The van der Waals surface area contributed by atoms with Crippen LogP contribution in [0.1, 0.15) is 22.8 Å². The molecule has 1 N–H and O–H groups in total. The zero-order valence-corrected chi connectivity index (χ0v) is 16.8. The summed E-state index contributed by atoms with van der Waals surface area (Å²) in [5.74, 6) is 1.07. The highest BCUT2D eigenvalue weighted by molar-refractivity contribution is 6.31. The Labute approximate surface area is 174 Å². The van der Waals surface area contributed by atoms with Crippen LogP contribution in [-0.2, 0) is 6.61 Å².